The van der Waals surface area contributed by atoms with E-state index in [9.17, 15) is 0 Å². The molecule has 2 N–H and O–H groups in total. The average molecular weight is 292 g/mol. The number of nitrogens with two attached hydrogens (primary N) is 1. The summed E-state index contributed by atoms with van der Waals surface area (Å²) in [6.45, 7) is 2.59. The fraction of sp³-hybridized carbons (Fsp3) is 0.143. The Hall–Kier alpha value is -1.48. The molecule has 2 aromatic carbocycles. The van der Waals surface area contributed by atoms with E-state index in [2.05, 4.69) is 15.9 Å². The van der Waals surface area contributed by atoms with Crippen molar-refractivity contribution in [2.45, 2.75) is 13.5 Å². The molecule has 0 fully saturated rings. The summed E-state index contributed by atoms with van der Waals surface area (Å²) in [7, 11) is 0. The molecule has 0 aliphatic rings. The molecule has 0 saturated heterocycles. The Bertz CT molecular complexity index is 525. The van der Waals surface area contributed by atoms with Crippen molar-refractivity contribution in [2.24, 2.45) is 0 Å². The molecular weight excluding hydrogens is 278 g/mol. The van der Waals surface area contributed by atoms with Crippen LogP contribution in [0.5, 0.6) is 5.75 Å². The highest BCUT2D eigenvalue weighted by Crippen LogP contribution is 2.21. The van der Waals surface area contributed by atoms with Crippen LogP contribution in [0.25, 0.3) is 0 Å². The van der Waals surface area contributed by atoms with Crippen LogP contribution in [0, 0.1) is 6.92 Å². The first kappa shape index (κ1) is 12.0. The van der Waals surface area contributed by atoms with Crippen molar-refractivity contribution in [1.82, 2.24) is 0 Å². The molecule has 0 aromatic heterocycles. The monoisotopic (exact) mass is 291 g/mol. The first-order chi connectivity index (χ1) is 8.15. The molecule has 0 saturated carbocycles. The van der Waals surface area contributed by atoms with Crippen molar-refractivity contribution in [1.29, 1.82) is 0 Å². The van der Waals surface area contributed by atoms with Crippen LogP contribution in [0.15, 0.2) is 46.9 Å². The molecule has 17 heavy (non-hydrogen) atoms. The Morgan fingerprint density at radius 1 is 1.18 bits per heavy atom. The lowest BCUT2D eigenvalue weighted by molar-refractivity contribution is 0.306. The Kier molecular flexibility index (Phi) is 3.69. The number of nitrogen functional groups attached to an aromatic ring is 1. The van der Waals surface area contributed by atoms with Crippen molar-refractivity contribution in [3.63, 3.8) is 0 Å². The fourth-order valence-electron chi connectivity index (χ4n) is 1.53. The van der Waals surface area contributed by atoms with Gasteiger partial charge < -0.3 is 10.5 Å². The van der Waals surface area contributed by atoms with Crippen molar-refractivity contribution >= 4 is 21.6 Å². The molecule has 2 nitrogen and oxygen atoms in total. The SMILES string of the molecule is Cc1cccc(OCc2ccc(N)c(Br)c2)c1. The Morgan fingerprint density at radius 2 is 2.00 bits per heavy atom. The zero-order valence-corrected chi connectivity index (χ0v) is 11.2. The van der Waals surface area contributed by atoms with E-state index < -0.39 is 0 Å². The topological polar surface area (TPSA) is 35.2 Å². The number of halogens is 1. The van der Waals surface area contributed by atoms with Gasteiger partial charge in [0.2, 0.25) is 0 Å². The van der Waals surface area contributed by atoms with Crippen LogP contribution in [0.3, 0.4) is 0 Å². The predicted molar refractivity (Wildman–Crippen MR) is 74.1 cm³/mol. The molecule has 0 aliphatic heterocycles. The molecule has 2 rings (SSSR count). The summed E-state index contributed by atoms with van der Waals surface area (Å²) in [4.78, 5) is 0. The van der Waals surface area contributed by atoms with Gasteiger partial charge in [0, 0.05) is 10.2 Å². The van der Waals surface area contributed by atoms with Gasteiger partial charge in [-0.25, -0.2) is 0 Å². The van der Waals surface area contributed by atoms with Gasteiger partial charge in [0.1, 0.15) is 12.4 Å². The first-order valence-electron chi connectivity index (χ1n) is 5.38. The maximum atomic E-state index is 5.73. The molecular formula is C14H14BrNO. The zero-order valence-electron chi connectivity index (χ0n) is 9.61. The summed E-state index contributed by atoms with van der Waals surface area (Å²) >= 11 is 3.40. The summed E-state index contributed by atoms with van der Waals surface area (Å²) in [6.07, 6.45) is 0. The standard InChI is InChI=1S/C14H14BrNO/c1-10-3-2-4-12(7-10)17-9-11-5-6-14(16)13(15)8-11/h2-8H,9,16H2,1H3. The molecule has 0 amide bonds. The number of anilines is 1. The minimum Gasteiger partial charge on any atom is -0.489 e. The molecule has 0 spiro atoms. The number of hydrogen-bond acceptors (Lipinski definition) is 2. The first-order valence-corrected chi connectivity index (χ1v) is 6.18. The van der Waals surface area contributed by atoms with Crippen molar-refractivity contribution in [3.05, 3.63) is 58.1 Å². The predicted octanol–water partition coefficient (Wildman–Crippen LogP) is 3.92. The summed E-state index contributed by atoms with van der Waals surface area (Å²) in [5.41, 5.74) is 8.75. The summed E-state index contributed by atoms with van der Waals surface area (Å²) in [5.74, 6) is 0.887. The Balaban J connectivity index is 2.05. The van der Waals surface area contributed by atoms with E-state index in [0.29, 0.717) is 6.61 Å². The van der Waals surface area contributed by atoms with E-state index >= 15 is 0 Å². The largest absolute Gasteiger partial charge is 0.489 e. The van der Waals surface area contributed by atoms with Gasteiger partial charge in [0.25, 0.3) is 0 Å². The average Bonchev–Trinajstić information content (AvgIpc) is 2.31. The fourth-order valence-corrected chi connectivity index (χ4v) is 1.96. The van der Waals surface area contributed by atoms with Gasteiger partial charge in [-0.3, -0.25) is 0 Å². The van der Waals surface area contributed by atoms with Crippen LogP contribution in [-0.2, 0) is 6.61 Å². The smallest absolute Gasteiger partial charge is 0.120 e. The van der Waals surface area contributed by atoms with Gasteiger partial charge in [-0.05, 0) is 58.2 Å². The number of ether oxygens (including phenoxy) is 1. The van der Waals surface area contributed by atoms with Crippen LogP contribution in [0.2, 0.25) is 0 Å². The molecule has 0 bridgehead atoms. The van der Waals surface area contributed by atoms with Crippen molar-refractivity contribution < 1.29 is 4.74 Å². The normalized spacial score (nSPS) is 10.2. The zero-order chi connectivity index (χ0) is 12.3. The van der Waals surface area contributed by atoms with Crippen LogP contribution in [0.4, 0.5) is 5.69 Å². The lowest BCUT2D eigenvalue weighted by Gasteiger charge is -2.08. The summed E-state index contributed by atoms with van der Waals surface area (Å²) in [5, 5.41) is 0. The highest BCUT2D eigenvalue weighted by atomic mass is 79.9. The maximum Gasteiger partial charge on any atom is 0.120 e. The molecule has 0 radical (unpaired) electrons. The third-order valence-corrected chi connectivity index (χ3v) is 3.15. The Morgan fingerprint density at radius 3 is 2.71 bits per heavy atom. The van der Waals surface area contributed by atoms with Crippen LogP contribution >= 0.6 is 15.9 Å². The van der Waals surface area contributed by atoms with E-state index in [1.165, 1.54) is 5.56 Å². The van der Waals surface area contributed by atoms with Crippen LogP contribution in [0.1, 0.15) is 11.1 Å². The van der Waals surface area contributed by atoms with E-state index in [0.717, 1.165) is 21.5 Å². The third kappa shape index (κ3) is 3.24. The molecule has 0 heterocycles. The minimum atomic E-state index is 0.544. The molecule has 0 aliphatic carbocycles. The van der Waals surface area contributed by atoms with Gasteiger partial charge in [0.15, 0.2) is 0 Å². The van der Waals surface area contributed by atoms with Gasteiger partial charge in [0.05, 0.1) is 0 Å². The van der Waals surface area contributed by atoms with Crippen LogP contribution < -0.4 is 10.5 Å². The van der Waals surface area contributed by atoms with Crippen LogP contribution in [-0.4, -0.2) is 0 Å². The van der Waals surface area contributed by atoms with E-state index in [-0.39, 0.29) is 0 Å². The number of aryl methyl sites for hydroxylation is 1. The lowest BCUT2D eigenvalue weighted by Crippen LogP contribution is -1.96. The number of benzene rings is 2. The lowest BCUT2D eigenvalue weighted by atomic mass is 10.2. The molecule has 88 valence electrons. The minimum absolute atomic E-state index is 0.544. The van der Waals surface area contributed by atoms with E-state index in [4.69, 9.17) is 10.5 Å². The molecule has 2 aromatic rings. The van der Waals surface area contributed by atoms with Crippen molar-refractivity contribution in [3.8, 4) is 5.75 Å². The number of hydrogen-bond donors (Lipinski definition) is 1. The van der Waals surface area contributed by atoms with E-state index in [1.54, 1.807) is 0 Å². The molecule has 0 atom stereocenters. The third-order valence-electron chi connectivity index (χ3n) is 2.46. The second-order valence-electron chi connectivity index (χ2n) is 3.96. The second-order valence-corrected chi connectivity index (χ2v) is 4.82. The number of rotatable bonds is 3. The highest BCUT2D eigenvalue weighted by molar-refractivity contribution is 9.10. The Labute approximate surface area is 110 Å². The van der Waals surface area contributed by atoms with Gasteiger partial charge >= 0.3 is 0 Å². The van der Waals surface area contributed by atoms with Gasteiger partial charge in [-0.1, -0.05) is 18.2 Å². The highest BCUT2D eigenvalue weighted by Gasteiger charge is 1.99. The summed E-state index contributed by atoms with van der Waals surface area (Å²) in [6, 6.07) is 13.8. The molecule has 0 unspecified atom stereocenters. The molecule has 3 heteroatoms. The second kappa shape index (κ2) is 5.23. The van der Waals surface area contributed by atoms with Gasteiger partial charge in [-0.15, -0.1) is 0 Å². The maximum absolute atomic E-state index is 5.73. The van der Waals surface area contributed by atoms with Crippen molar-refractivity contribution in [2.75, 3.05) is 5.73 Å². The quantitative estimate of drug-likeness (QED) is 0.870. The van der Waals surface area contributed by atoms with Gasteiger partial charge in [-0.2, -0.15) is 0 Å². The van der Waals surface area contributed by atoms with E-state index in [1.807, 2.05) is 49.4 Å². The summed E-state index contributed by atoms with van der Waals surface area (Å²) < 4.78 is 6.61.